The molecule has 1 unspecified atom stereocenters. The smallest absolute Gasteiger partial charge is 0.318 e. The fourth-order valence-corrected chi connectivity index (χ4v) is 3.61. The predicted molar refractivity (Wildman–Crippen MR) is 77.2 cm³/mol. The van der Waals surface area contributed by atoms with Crippen LogP contribution in [0.25, 0.3) is 0 Å². The third-order valence-electron chi connectivity index (χ3n) is 3.30. The highest BCUT2D eigenvalue weighted by molar-refractivity contribution is 7.89. The van der Waals surface area contributed by atoms with Crippen LogP contribution in [0.3, 0.4) is 0 Å². The minimum atomic E-state index is -3.91. The van der Waals surface area contributed by atoms with Crippen molar-refractivity contribution in [1.82, 2.24) is 4.31 Å². The highest BCUT2D eigenvalue weighted by Crippen LogP contribution is 2.21. The topological polar surface area (TPSA) is 98.5 Å². The molecule has 1 aromatic carbocycles. The van der Waals surface area contributed by atoms with Crippen LogP contribution in [0.4, 0.5) is 0 Å². The standard InChI is InChI=1S/C14H18N2O4S/c1-4-11(3)16(9-14(17)18)21(19,20)13-6-5-12(8-15)10(2)7-13/h5-7,11H,4,9H2,1-3H3,(H,17,18). The summed E-state index contributed by atoms with van der Waals surface area (Å²) < 4.78 is 26.2. The fraction of sp³-hybridized carbons (Fsp3) is 0.429. The second-order valence-electron chi connectivity index (χ2n) is 4.79. The van der Waals surface area contributed by atoms with Crippen LogP contribution >= 0.6 is 0 Å². The number of rotatable bonds is 6. The normalized spacial score (nSPS) is 12.9. The molecule has 0 aliphatic rings. The summed E-state index contributed by atoms with van der Waals surface area (Å²) in [6.45, 7) is 4.51. The third kappa shape index (κ3) is 3.80. The molecule has 0 fully saturated rings. The zero-order valence-electron chi connectivity index (χ0n) is 12.2. The largest absolute Gasteiger partial charge is 0.480 e. The van der Waals surface area contributed by atoms with Crippen molar-refractivity contribution in [3.63, 3.8) is 0 Å². The number of hydrogen-bond donors (Lipinski definition) is 1. The molecule has 1 atom stereocenters. The number of carboxylic acid groups (broad SMARTS) is 1. The van der Waals surface area contributed by atoms with E-state index in [1.165, 1.54) is 18.2 Å². The SMILES string of the molecule is CCC(C)N(CC(=O)O)S(=O)(=O)c1ccc(C#N)c(C)c1. The summed E-state index contributed by atoms with van der Waals surface area (Å²) in [5.74, 6) is -1.20. The quantitative estimate of drug-likeness (QED) is 0.863. The van der Waals surface area contributed by atoms with E-state index < -0.39 is 28.6 Å². The van der Waals surface area contributed by atoms with E-state index in [1.807, 2.05) is 6.07 Å². The molecule has 1 rings (SSSR count). The van der Waals surface area contributed by atoms with Crippen LogP contribution in [0.15, 0.2) is 23.1 Å². The van der Waals surface area contributed by atoms with E-state index in [9.17, 15) is 13.2 Å². The van der Waals surface area contributed by atoms with Gasteiger partial charge in [0.25, 0.3) is 0 Å². The zero-order valence-corrected chi connectivity index (χ0v) is 13.0. The lowest BCUT2D eigenvalue weighted by atomic mass is 10.1. The summed E-state index contributed by atoms with van der Waals surface area (Å²) in [5.41, 5.74) is 0.931. The Bertz CT molecular complexity index is 677. The number of nitriles is 1. The number of aliphatic carboxylic acids is 1. The lowest BCUT2D eigenvalue weighted by Gasteiger charge is -2.26. The number of benzene rings is 1. The van der Waals surface area contributed by atoms with Gasteiger partial charge >= 0.3 is 5.97 Å². The number of hydrogen-bond acceptors (Lipinski definition) is 4. The van der Waals surface area contributed by atoms with Crippen LogP contribution in [-0.2, 0) is 14.8 Å². The van der Waals surface area contributed by atoms with Crippen LogP contribution in [0.1, 0.15) is 31.4 Å². The van der Waals surface area contributed by atoms with Gasteiger partial charge < -0.3 is 5.11 Å². The van der Waals surface area contributed by atoms with Gasteiger partial charge in [-0.2, -0.15) is 9.57 Å². The fourth-order valence-electron chi connectivity index (χ4n) is 1.87. The number of carbonyl (C=O) groups is 1. The van der Waals surface area contributed by atoms with Gasteiger partial charge in [-0.1, -0.05) is 6.92 Å². The second kappa shape index (κ2) is 6.70. The van der Waals surface area contributed by atoms with Gasteiger partial charge in [-0.15, -0.1) is 0 Å². The molecule has 7 heteroatoms. The van der Waals surface area contributed by atoms with Crippen molar-refractivity contribution in [3.05, 3.63) is 29.3 Å². The average molecular weight is 310 g/mol. The molecule has 0 spiro atoms. The van der Waals surface area contributed by atoms with Crippen molar-refractivity contribution in [3.8, 4) is 6.07 Å². The van der Waals surface area contributed by atoms with Crippen molar-refractivity contribution < 1.29 is 18.3 Å². The van der Waals surface area contributed by atoms with Gasteiger partial charge in [-0.25, -0.2) is 8.42 Å². The van der Waals surface area contributed by atoms with E-state index in [0.717, 1.165) is 4.31 Å². The summed E-state index contributed by atoms with van der Waals surface area (Å²) in [7, 11) is -3.91. The Morgan fingerprint density at radius 2 is 2.10 bits per heavy atom. The maximum atomic E-state index is 12.6. The van der Waals surface area contributed by atoms with Crippen LogP contribution in [0.2, 0.25) is 0 Å². The molecule has 0 saturated carbocycles. The lowest BCUT2D eigenvalue weighted by Crippen LogP contribution is -2.41. The molecule has 0 saturated heterocycles. The summed E-state index contributed by atoms with van der Waals surface area (Å²) in [6.07, 6.45) is 0.502. The lowest BCUT2D eigenvalue weighted by molar-refractivity contribution is -0.137. The van der Waals surface area contributed by atoms with E-state index >= 15 is 0 Å². The van der Waals surface area contributed by atoms with Gasteiger partial charge in [0.05, 0.1) is 16.5 Å². The van der Waals surface area contributed by atoms with E-state index in [1.54, 1.807) is 20.8 Å². The molecule has 21 heavy (non-hydrogen) atoms. The Morgan fingerprint density at radius 3 is 2.52 bits per heavy atom. The first kappa shape index (κ1) is 17.1. The molecule has 0 aliphatic heterocycles. The molecule has 0 amide bonds. The van der Waals surface area contributed by atoms with Crippen LogP contribution in [0.5, 0.6) is 0 Å². The Morgan fingerprint density at radius 1 is 1.48 bits per heavy atom. The maximum Gasteiger partial charge on any atom is 0.318 e. The molecule has 0 heterocycles. The van der Waals surface area contributed by atoms with Crippen molar-refractivity contribution in [2.24, 2.45) is 0 Å². The highest BCUT2D eigenvalue weighted by Gasteiger charge is 2.30. The molecule has 0 bridgehead atoms. The Kier molecular flexibility index (Phi) is 5.47. The summed E-state index contributed by atoms with van der Waals surface area (Å²) in [4.78, 5) is 10.9. The van der Waals surface area contributed by atoms with Gasteiger partial charge in [0.1, 0.15) is 6.54 Å². The Hall–Kier alpha value is -1.91. The first-order chi connectivity index (χ1) is 9.73. The number of aryl methyl sites for hydroxylation is 1. The monoisotopic (exact) mass is 310 g/mol. The molecule has 1 N–H and O–H groups in total. The minimum Gasteiger partial charge on any atom is -0.480 e. The zero-order chi connectivity index (χ0) is 16.2. The third-order valence-corrected chi connectivity index (χ3v) is 5.25. The molecular weight excluding hydrogens is 292 g/mol. The van der Waals surface area contributed by atoms with Gasteiger partial charge in [0, 0.05) is 6.04 Å². The first-order valence-electron chi connectivity index (χ1n) is 6.48. The summed E-state index contributed by atoms with van der Waals surface area (Å²) >= 11 is 0. The van der Waals surface area contributed by atoms with Crippen molar-refractivity contribution in [2.45, 2.75) is 38.1 Å². The summed E-state index contributed by atoms with van der Waals surface area (Å²) in [5, 5.41) is 17.8. The van der Waals surface area contributed by atoms with E-state index in [2.05, 4.69) is 0 Å². The van der Waals surface area contributed by atoms with Gasteiger partial charge in [0.2, 0.25) is 10.0 Å². The molecular formula is C14H18N2O4S. The van der Waals surface area contributed by atoms with E-state index in [4.69, 9.17) is 10.4 Å². The van der Waals surface area contributed by atoms with Gasteiger partial charge in [-0.3, -0.25) is 4.79 Å². The summed E-state index contributed by atoms with van der Waals surface area (Å²) in [6, 6.07) is 5.69. The number of nitrogens with zero attached hydrogens (tertiary/aromatic N) is 2. The Labute approximate surface area is 124 Å². The number of carboxylic acids is 1. The minimum absolute atomic E-state index is 0.000509. The van der Waals surface area contributed by atoms with Crippen LogP contribution in [-0.4, -0.2) is 36.4 Å². The molecule has 0 radical (unpaired) electrons. The van der Waals surface area contributed by atoms with E-state index in [0.29, 0.717) is 17.5 Å². The molecule has 0 aliphatic carbocycles. The average Bonchev–Trinajstić information content (AvgIpc) is 2.43. The van der Waals surface area contributed by atoms with Crippen LogP contribution < -0.4 is 0 Å². The van der Waals surface area contributed by atoms with Crippen molar-refractivity contribution in [1.29, 1.82) is 5.26 Å². The van der Waals surface area contributed by atoms with E-state index in [-0.39, 0.29) is 4.90 Å². The van der Waals surface area contributed by atoms with Gasteiger partial charge in [0.15, 0.2) is 0 Å². The number of sulfonamides is 1. The highest BCUT2D eigenvalue weighted by atomic mass is 32.2. The molecule has 6 nitrogen and oxygen atoms in total. The first-order valence-corrected chi connectivity index (χ1v) is 7.92. The van der Waals surface area contributed by atoms with Crippen molar-refractivity contribution in [2.75, 3.05) is 6.54 Å². The second-order valence-corrected chi connectivity index (χ2v) is 6.68. The molecule has 1 aromatic rings. The molecule has 0 aromatic heterocycles. The molecule has 114 valence electrons. The predicted octanol–water partition coefficient (Wildman–Crippen LogP) is 1.74. The van der Waals surface area contributed by atoms with Crippen LogP contribution in [0, 0.1) is 18.3 Å². The maximum absolute atomic E-state index is 12.6. The van der Waals surface area contributed by atoms with Crippen molar-refractivity contribution >= 4 is 16.0 Å². The van der Waals surface area contributed by atoms with Gasteiger partial charge in [-0.05, 0) is 44.0 Å². The Balaban J connectivity index is 3.32.